The number of hydrogen-bond acceptors (Lipinski definition) is 5. The van der Waals surface area contributed by atoms with Crippen LogP contribution in [0.2, 0.25) is 0 Å². The molecule has 0 atom stereocenters. The maximum Gasteiger partial charge on any atom is 0.573 e. The fraction of sp³-hybridized carbons (Fsp3) is 0.0952. The first-order chi connectivity index (χ1) is 14.8. The van der Waals surface area contributed by atoms with Crippen LogP contribution < -0.4 is 10.1 Å². The molecule has 0 fully saturated rings. The molecule has 0 unspecified atom stereocenters. The van der Waals surface area contributed by atoms with Crippen molar-refractivity contribution < 1.29 is 27.8 Å². The topological polar surface area (TPSA) is 100 Å². The third-order valence-electron chi connectivity index (χ3n) is 4.39. The molecule has 0 amide bonds. The second-order valence-electron chi connectivity index (χ2n) is 6.57. The van der Waals surface area contributed by atoms with E-state index in [9.17, 15) is 23.1 Å². The first-order valence-corrected chi connectivity index (χ1v) is 9.05. The number of benzene rings is 2. The number of fused-ring (bicyclic) bond motifs is 1. The summed E-state index contributed by atoms with van der Waals surface area (Å²) in [5, 5.41) is 12.3. The second kappa shape index (κ2) is 7.98. The van der Waals surface area contributed by atoms with Crippen molar-refractivity contribution in [3.8, 4) is 17.1 Å². The van der Waals surface area contributed by atoms with Gasteiger partial charge in [0.2, 0.25) is 0 Å². The van der Waals surface area contributed by atoms with Gasteiger partial charge in [0.25, 0.3) is 0 Å². The van der Waals surface area contributed by atoms with E-state index in [2.05, 4.69) is 25.0 Å². The minimum Gasteiger partial charge on any atom is -0.478 e. The summed E-state index contributed by atoms with van der Waals surface area (Å²) in [4.78, 5) is 23.0. The molecule has 0 radical (unpaired) electrons. The lowest BCUT2D eigenvalue weighted by molar-refractivity contribution is -0.274. The Bertz CT molecular complexity index is 1240. The van der Waals surface area contributed by atoms with Crippen molar-refractivity contribution in [2.24, 2.45) is 0 Å². The van der Waals surface area contributed by atoms with Gasteiger partial charge in [0.15, 0.2) is 0 Å². The van der Waals surface area contributed by atoms with Gasteiger partial charge in [-0.1, -0.05) is 18.2 Å². The Morgan fingerprint density at radius 3 is 2.65 bits per heavy atom. The molecule has 0 saturated carbocycles. The largest absolute Gasteiger partial charge is 0.573 e. The molecular weight excluding hydrogens is 413 g/mol. The molecular formula is C21H15F3N4O3. The van der Waals surface area contributed by atoms with Crippen molar-refractivity contribution in [3.63, 3.8) is 0 Å². The van der Waals surface area contributed by atoms with Crippen LogP contribution in [-0.4, -0.2) is 32.4 Å². The first-order valence-electron chi connectivity index (χ1n) is 9.05. The van der Waals surface area contributed by atoms with Gasteiger partial charge < -0.3 is 20.1 Å². The van der Waals surface area contributed by atoms with E-state index < -0.39 is 12.3 Å². The number of carbonyl (C=O) groups is 1. The average Bonchev–Trinajstić information content (AvgIpc) is 3.16. The van der Waals surface area contributed by atoms with E-state index in [1.165, 1.54) is 24.3 Å². The summed E-state index contributed by atoms with van der Waals surface area (Å²) in [6.07, 6.45) is -3.19. The van der Waals surface area contributed by atoms with E-state index in [1.54, 1.807) is 36.5 Å². The van der Waals surface area contributed by atoms with E-state index in [1.807, 2.05) is 0 Å². The molecule has 2 heterocycles. The van der Waals surface area contributed by atoms with Crippen LogP contribution in [0.3, 0.4) is 0 Å². The molecule has 0 aliphatic carbocycles. The standard InChI is InChI=1S/C21H15F3N4O3/c22-21(23,24)31-14-4-1-3-12(9-14)10-25-17-8-7-13(11-26-17)19-27-16-6-2-5-15(20(29)30)18(16)28-19/h1-9,11H,10H2,(H,25,26)(H,27,28)(H,29,30). The molecule has 4 rings (SSSR count). The summed E-state index contributed by atoms with van der Waals surface area (Å²) in [5.41, 5.74) is 2.32. The van der Waals surface area contributed by atoms with Gasteiger partial charge in [-0.05, 0) is 42.0 Å². The molecule has 2 aromatic heterocycles. The van der Waals surface area contributed by atoms with Gasteiger partial charge in [0, 0.05) is 18.3 Å². The van der Waals surface area contributed by atoms with Crippen molar-refractivity contribution in [2.75, 3.05) is 5.32 Å². The number of aromatic carboxylic acids is 1. The highest BCUT2D eigenvalue weighted by molar-refractivity contribution is 6.01. The van der Waals surface area contributed by atoms with Crippen molar-refractivity contribution in [1.82, 2.24) is 15.0 Å². The number of ether oxygens (including phenoxy) is 1. The Morgan fingerprint density at radius 2 is 1.94 bits per heavy atom. The number of alkyl halides is 3. The number of anilines is 1. The quantitative estimate of drug-likeness (QED) is 0.407. The van der Waals surface area contributed by atoms with E-state index in [0.29, 0.717) is 33.8 Å². The normalized spacial score (nSPS) is 11.5. The number of rotatable bonds is 6. The summed E-state index contributed by atoms with van der Waals surface area (Å²) in [6, 6.07) is 13.9. The Morgan fingerprint density at radius 1 is 1.13 bits per heavy atom. The van der Waals surface area contributed by atoms with Gasteiger partial charge >= 0.3 is 12.3 Å². The molecule has 2 aromatic carbocycles. The lowest BCUT2D eigenvalue weighted by atomic mass is 10.2. The molecule has 7 nitrogen and oxygen atoms in total. The number of carboxylic acid groups (broad SMARTS) is 1. The van der Waals surface area contributed by atoms with E-state index in [-0.39, 0.29) is 17.9 Å². The summed E-state index contributed by atoms with van der Waals surface area (Å²) in [6.45, 7) is 0.244. The molecule has 0 bridgehead atoms. The van der Waals surface area contributed by atoms with Crippen molar-refractivity contribution >= 4 is 22.8 Å². The van der Waals surface area contributed by atoms with Crippen molar-refractivity contribution in [1.29, 1.82) is 0 Å². The third-order valence-corrected chi connectivity index (χ3v) is 4.39. The Balaban J connectivity index is 1.47. The molecule has 0 aliphatic heterocycles. The highest BCUT2D eigenvalue weighted by atomic mass is 19.4. The highest BCUT2D eigenvalue weighted by Gasteiger charge is 2.31. The predicted octanol–water partition coefficient (Wildman–Crippen LogP) is 4.83. The number of nitrogens with zero attached hydrogens (tertiary/aromatic N) is 2. The lowest BCUT2D eigenvalue weighted by Gasteiger charge is -2.11. The number of hydrogen-bond donors (Lipinski definition) is 3. The second-order valence-corrected chi connectivity index (χ2v) is 6.57. The fourth-order valence-electron chi connectivity index (χ4n) is 3.03. The molecule has 4 aromatic rings. The van der Waals surface area contributed by atoms with E-state index >= 15 is 0 Å². The third kappa shape index (κ3) is 4.74. The SMILES string of the molecule is O=C(O)c1cccc2nc(-c3ccc(NCc4cccc(OC(F)(F)F)c4)nc3)[nH]c12. The zero-order valence-electron chi connectivity index (χ0n) is 15.8. The number of imidazole rings is 1. The van der Waals surface area contributed by atoms with Gasteiger partial charge in [0.05, 0.1) is 16.6 Å². The number of pyridine rings is 1. The lowest BCUT2D eigenvalue weighted by Crippen LogP contribution is -2.17. The summed E-state index contributed by atoms with van der Waals surface area (Å²) >= 11 is 0. The van der Waals surface area contributed by atoms with Crippen LogP contribution in [0.4, 0.5) is 19.0 Å². The zero-order valence-corrected chi connectivity index (χ0v) is 15.8. The van der Waals surface area contributed by atoms with Crippen molar-refractivity contribution in [2.45, 2.75) is 12.9 Å². The maximum atomic E-state index is 12.3. The molecule has 31 heavy (non-hydrogen) atoms. The zero-order chi connectivity index (χ0) is 22.0. The average molecular weight is 428 g/mol. The van der Waals surface area contributed by atoms with Crippen LogP contribution in [0.5, 0.6) is 5.75 Å². The molecule has 3 N–H and O–H groups in total. The molecule has 158 valence electrons. The summed E-state index contributed by atoms with van der Waals surface area (Å²) in [7, 11) is 0. The van der Waals surface area contributed by atoms with Gasteiger partial charge in [-0.3, -0.25) is 0 Å². The molecule has 0 saturated heterocycles. The number of para-hydroxylation sites is 1. The monoisotopic (exact) mass is 428 g/mol. The van der Waals surface area contributed by atoms with Gasteiger partial charge in [-0.25, -0.2) is 14.8 Å². The fourth-order valence-corrected chi connectivity index (χ4v) is 3.03. The smallest absolute Gasteiger partial charge is 0.478 e. The predicted molar refractivity (Wildman–Crippen MR) is 107 cm³/mol. The van der Waals surface area contributed by atoms with Crippen LogP contribution in [0.1, 0.15) is 15.9 Å². The number of aromatic nitrogens is 3. The van der Waals surface area contributed by atoms with Crippen LogP contribution >= 0.6 is 0 Å². The van der Waals surface area contributed by atoms with Crippen LogP contribution in [0, 0.1) is 0 Å². The van der Waals surface area contributed by atoms with Crippen LogP contribution in [-0.2, 0) is 6.54 Å². The summed E-state index contributed by atoms with van der Waals surface area (Å²) < 4.78 is 41.0. The van der Waals surface area contributed by atoms with Crippen LogP contribution in [0.15, 0.2) is 60.8 Å². The van der Waals surface area contributed by atoms with E-state index in [0.717, 1.165) is 0 Å². The number of halogens is 3. The number of nitrogens with one attached hydrogen (secondary N) is 2. The number of H-pyrrole nitrogens is 1. The minimum absolute atomic E-state index is 0.124. The maximum absolute atomic E-state index is 12.3. The number of aromatic amines is 1. The number of carboxylic acids is 1. The van der Waals surface area contributed by atoms with Gasteiger partial charge in [-0.15, -0.1) is 13.2 Å². The minimum atomic E-state index is -4.74. The van der Waals surface area contributed by atoms with Gasteiger partial charge in [0.1, 0.15) is 17.4 Å². The van der Waals surface area contributed by atoms with E-state index in [4.69, 9.17) is 0 Å². The molecule has 10 heteroatoms. The Hall–Kier alpha value is -4.08. The molecule has 0 aliphatic rings. The van der Waals surface area contributed by atoms with Crippen LogP contribution in [0.25, 0.3) is 22.4 Å². The highest BCUT2D eigenvalue weighted by Crippen LogP contribution is 2.25. The van der Waals surface area contributed by atoms with Crippen molar-refractivity contribution in [3.05, 3.63) is 71.9 Å². The molecule has 0 spiro atoms. The Labute approximate surface area is 173 Å². The first kappa shape index (κ1) is 20.2. The Kier molecular flexibility index (Phi) is 5.20. The summed E-state index contributed by atoms with van der Waals surface area (Å²) in [5.74, 6) is -0.364. The van der Waals surface area contributed by atoms with Gasteiger partial charge in [-0.2, -0.15) is 0 Å².